The number of hydrogen-bond donors (Lipinski definition) is 1. The number of nitrogens with two attached hydrogens (primary N) is 1. The molecule has 2 N–H and O–H groups in total. The highest BCUT2D eigenvalue weighted by molar-refractivity contribution is 7.13. The summed E-state index contributed by atoms with van der Waals surface area (Å²) >= 11 is 1.25. The maximum Gasteiger partial charge on any atom is 0.573 e. The number of rotatable bonds is 5. The van der Waals surface area contributed by atoms with E-state index >= 15 is 0 Å². The van der Waals surface area contributed by atoms with Crippen LogP contribution in [0.3, 0.4) is 0 Å². The van der Waals surface area contributed by atoms with Gasteiger partial charge in [0.25, 0.3) is 0 Å². The number of carbonyl (C=O) groups excluding carboxylic acids is 1. The van der Waals surface area contributed by atoms with E-state index in [0.29, 0.717) is 16.4 Å². The molecule has 2 aromatic rings. The summed E-state index contributed by atoms with van der Waals surface area (Å²) in [7, 11) is 0. The number of alkyl halides is 3. The summed E-state index contributed by atoms with van der Waals surface area (Å²) in [4.78, 5) is 15.8. The minimum absolute atomic E-state index is 0.0928. The van der Waals surface area contributed by atoms with Crippen LogP contribution in [-0.4, -0.2) is 17.1 Å². The Labute approximate surface area is 122 Å². The summed E-state index contributed by atoms with van der Waals surface area (Å²) in [6, 6.07) is 5.20. The lowest BCUT2D eigenvalue weighted by Crippen LogP contribution is -2.17. The molecule has 0 saturated carbocycles. The van der Waals surface area contributed by atoms with Gasteiger partial charge in [0.05, 0.1) is 5.69 Å². The molecule has 8 heteroatoms. The predicted octanol–water partition coefficient (Wildman–Crippen LogP) is 2.98. The number of aromatic nitrogens is 1. The lowest BCUT2D eigenvalue weighted by Gasteiger charge is -2.09. The zero-order chi connectivity index (χ0) is 15.5. The molecule has 0 unspecified atom stereocenters. The van der Waals surface area contributed by atoms with Gasteiger partial charge in [-0.25, -0.2) is 4.98 Å². The molecule has 112 valence electrons. The highest BCUT2D eigenvalue weighted by Crippen LogP contribution is 2.23. The van der Waals surface area contributed by atoms with Crippen LogP contribution in [0.1, 0.15) is 11.3 Å². The molecule has 0 atom stereocenters. The first-order chi connectivity index (χ1) is 9.82. The number of nitrogens with zero attached hydrogens (tertiary/aromatic N) is 1. The molecule has 0 bridgehead atoms. The normalized spacial score (nSPS) is 11.4. The second kappa shape index (κ2) is 6.13. The fraction of sp³-hybridized carbons (Fsp3) is 0.231. The van der Waals surface area contributed by atoms with Crippen molar-refractivity contribution in [3.8, 4) is 5.75 Å². The third kappa shape index (κ3) is 5.07. The highest BCUT2D eigenvalue weighted by atomic mass is 32.1. The van der Waals surface area contributed by atoms with Crippen LogP contribution in [0.25, 0.3) is 0 Å². The Morgan fingerprint density at radius 2 is 1.90 bits per heavy atom. The molecule has 21 heavy (non-hydrogen) atoms. The maximum absolute atomic E-state index is 12.0. The van der Waals surface area contributed by atoms with Crippen LogP contribution in [0, 0.1) is 0 Å². The number of nitrogen functional groups attached to an aromatic ring is 1. The number of ketones is 1. The summed E-state index contributed by atoms with van der Waals surface area (Å²) in [5.74, 6) is -0.407. The van der Waals surface area contributed by atoms with Gasteiger partial charge in [0.2, 0.25) is 0 Å². The predicted molar refractivity (Wildman–Crippen MR) is 72.1 cm³/mol. The van der Waals surface area contributed by atoms with Gasteiger partial charge in [0.1, 0.15) is 11.5 Å². The number of carbonyl (C=O) groups is 1. The topological polar surface area (TPSA) is 65.2 Å². The van der Waals surface area contributed by atoms with E-state index < -0.39 is 6.36 Å². The van der Waals surface area contributed by atoms with Crippen molar-refractivity contribution in [2.45, 2.75) is 19.2 Å². The van der Waals surface area contributed by atoms with E-state index in [4.69, 9.17) is 5.73 Å². The van der Waals surface area contributed by atoms with Crippen LogP contribution in [0.2, 0.25) is 0 Å². The smallest absolute Gasteiger partial charge is 0.406 e. The average Bonchev–Trinajstić information content (AvgIpc) is 2.75. The van der Waals surface area contributed by atoms with Crippen LogP contribution in [0.5, 0.6) is 5.75 Å². The maximum atomic E-state index is 12.0. The van der Waals surface area contributed by atoms with Gasteiger partial charge >= 0.3 is 6.36 Å². The Balaban J connectivity index is 1.92. The van der Waals surface area contributed by atoms with E-state index in [-0.39, 0.29) is 24.4 Å². The molecule has 1 aromatic heterocycles. The second-order valence-electron chi connectivity index (χ2n) is 4.26. The zero-order valence-electron chi connectivity index (χ0n) is 10.7. The quantitative estimate of drug-likeness (QED) is 0.921. The molecule has 2 rings (SSSR count). The molecule has 0 spiro atoms. The van der Waals surface area contributed by atoms with Gasteiger partial charge in [-0.1, -0.05) is 12.1 Å². The highest BCUT2D eigenvalue weighted by Gasteiger charge is 2.30. The SMILES string of the molecule is Nc1nc(CC(=O)Cc2ccc(OC(F)(F)F)cc2)cs1. The molecular formula is C13H11F3N2O2S. The summed E-state index contributed by atoms with van der Waals surface area (Å²) in [6.45, 7) is 0. The van der Waals surface area contributed by atoms with Crippen molar-refractivity contribution in [2.24, 2.45) is 0 Å². The molecule has 0 aliphatic carbocycles. The van der Waals surface area contributed by atoms with Crippen LogP contribution >= 0.6 is 11.3 Å². The number of hydrogen-bond acceptors (Lipinski definition) is 5. The van der Waals surface area contributed by atoms with E-state index in [1.165, 1.54) is 35.6 Å². The number of ether oxygens (including phenoxy) is 1. The molecule has 0 fully saturated rings. The van der Waals surface area contributed by atoms with E-state index in [0.717, 1.165) is 0 Å². The number of halogens is 3. The first-order valence-electron chi connectivity index (χ1n) is 5.88. The van der Waals surface area contributed by atoms with Gasteiger partial charge < -0.3 is 10.5 Å². The van der Waals surface area contributed by atoms with Crippen molar-refractivity contribution in [1.82, 2.24) is 4.98 Å². The number of Topliss-reactive ketones (excluding diaryl/α,β-unsaturated/α-hetero) is 1. The van der Waals surface area contributed by atoms with Crippen LogP contribution < -0.4 is 10.5 Å². The minimum atomic E-state index is -4.72. The van der Waals surface area contributed by atoms with E-state index in [1.807, 2.05) is 0 Å². The van der Waals surface area contributed by atoms with Gasteiger partial charge in [-0.2, -0.15) is 0 Å². The van der Waals surface area contributed by atoms with Gasteiger partial charge in [0.15, 0.2) is 5.13 Å². The summed E-state index contributed by atoms with van der Waals surface area (Å²) in [5, 5.41) is 2.10. The number of anilines is 1. The van der Waals surface area contributed by atoms with Crippen molar-refractivity contribution < 1.29 is 22.7 Å². The van der Waals surface area contributed by atoms with E-state index in [9.17, 15) is 18.0 Å². The first-order valence-corrected chi connectivity index (χ1v) is 6.76. The monoisotopic (exact) mass is 316 g/mol. The second-order valence-corrected chi connectivity index (χ2v) is 5.15. The van der Waals surface area contributed by atoms with Crippen molar-refractivity contribution >= 4 is 22.3 Å². The lowest BCUT2D eigenvalue weighted by atomic mass is 10.1. The van der Waals surface area contributed by atoms with Crippen molar-refractivity contribution in [1.29, 1.82) is 0 Å². The summed E-state index contributed by atoms with van der Waals surface area (Å²) in [5.41, 5.74) is 6.67. The first kappa shape index (κ1) is 15.3. The van der Waals surface area contributed by atoms with E-state index in [1.54, 1.807) is 5.38 Å². The van der Waals surface area contributed by atoms with Crippen LogP contribution in [0.15, 0.2) is 29.6 Å². The fourth-order valence-electron chi connectivity index (χ4n) is 1.70. The molecule has 0 aliphatic heterocycles. The Kier molecular flexibility index (Phi) is 4.46. The third-order valence-electron chi connectivity index (χ3n) is 2.51. The summed E-state index contributed by atoms with van der Waals surface area (Å²) in [6.07, 6.45) is -4.46. The minimum Gasteiger partial charge on any atom is -0.406 e. The van der Waals surface area contributed by atoms with Crippen molar-refractivity contribution in [3.05, 3.63) is 40.9 Å². The molecular weight excluding hydrogens is 305 g/mol. The average molecular weight is 316 g/mol. The molecule has 1 aromatic carbocycles. The number of benzene rings is 1. The summed E-state index contributed by atoms with van der Waals surface area (Å²) < 4.78 is 39.8. The third-order valence-corrected chi connectivity index (χ3v) is 3.23. The molecule has 0 amide bonds. The molecule has 4 nitrogen and oxygen atoms in total. The molecule has 1 heterocycles. The Hall–Kier alpha value is -2.09. The fourth-order valence-corrected chi connectivity index (χ4v) is 2.27. The van der Waals surface area contributed by atoms with Gasteiger partial charge in [-0.15, -0.1) is 24.5 Å². The van der Waals surface area contributed by atoms with Crippen LogP contribution in [-0.2, 0) is 17.6 Å². The Bertz CT molecular complexity index is 623. The van der Waals surface area contributed by atoms with Crippen LogP contribution in [0.4, 0.5) is 18.3 Å². The van der Waals surface area contributed by atoms with E-state index in [2.05, 4.69) is 9.72 Å². The van der Waals surface area contributed by atoms with Crippen molar-refractivity contribution in [2.75, 3.05) is 5.73 Å². The lowest BCUT2D eigenvalue weighted by molar-refractivity contribution is -0.274. The molecule has 0 aliphatic rings. The zero-order valence-corrected chi connectivity index (χ0v) is 11.5. The Morgan fingerprint density at radius 3 is 2.43 bits per heavy atom. The molecule has 0 radical (unpaired) electrons. The van der Waals surface area contributed by atoms with Gasteiger partial charge in [0, 0.05) is 18.2 Å². The Morgan fingerprint density at radius 1 is 1.24 bits per heavy atom. The van der Waals surface area contributed by atoms with Gasteiger partial charge in [-0.3, -0.25) is 4.79 Å². The standard InChI is InChI=1S/C13H11F3N2O2S/c14-13(15,16)20-11-3-1-8(2-4-11)5-10(19)6-9-7-21-12(17)18-9/h1-4,7H,5-6H2,(H2,17,18). The number of thiazole rings is 1. The van der Waals surface area contributed by atoms with Gasteiger partial charge in [-0.05, 0) is 17.7 Å². The van der Waals surface area contributed by atoms with Crippen molar-refractivity contribution in [3.63, 3.8) is 0 Å². The molecule has 0 saturated heterocycles. The largest absolute Gasteiger partial charge is 0.573 e.